The third kappa shape index (κ3) is 17.6. The van der Waals surface area contributed by atoms with E-state index >= 15 is 0 Å². The molecule has 0 aliphatic carbocycles. The minimum Gasteiger partial charge on any atom is -0.435 e. The Labute approximate surface area is 266 Å². The largest absolute Gasteiger partial charge is 0.435 e. The zero-order chi connectivity index (χ0) is 34.1. The molecule has 0 spiro atoms. The van der Waals surface area contributed by atoms with Gasteiger partial charge in [0.25, 0.3) is 10.1 Å². The summed E-state index contributed by atoms with van der Waals surface area (Å²) in [6, 6.07) is 0. The first-order valence-corrected chi connectivity index (χ1v) is 18.7. The van der Waals surface area contributed by atoms with E-state index in [2.05, 4.69) is 32.9 Å². The van der Waals surface area contributed by atoms with Gasteiger partial charge in [0, 0.05) is 24.7 Å². The second-order valence-electron chi connectivity index (χ2n) is 12.0. The predicted octanol–water partition coefficient (Wildman–Crippen LogP) is 8.89. The van der Waals surface area contributed by atoms with Crippen LogP contribution in [0, 0.1) is 11.8 Å². The van der Waals surface area contributed by atoms with Crippen molar-refractivity contribution in [2.75, 3.05) is 0 Å². The van der Waals surface area contributed by atoms with E-state index in [1.807, 2.05) is 13.0 Å². The Hall–Kier alpha value is -1.78. The van der Waals surface area contributed by atoms with Crippen molar-refractivity contribution in [2.24, 2.45) is 11.8 Å². The summed E-state index contributed by atoms with van der Waals surface area (Å²) in [5, 5.41) is 0. The van der Waals surface area contributed by atoms with Crippen molar-refractivity contribution in [3.8, 4) is 0 Å². The number of carbonyl (C=O) groups excluding carboxylic acids is 2. The minimum atomic E-state index is -5.00. The lowest BCUT2D eigenvalue weighted by Gasteiger charge is -2.33. The van der Waals surface area contributed by atoms with E-state index in [9.17, 15) is 27.1 Å². The summed E-state index contributed by atoms with van der Waals surface area (Å²) >= 11 is 0. The molecule has 44 heavy (non-hydrogen) atoms. The molecule has 0 aromatic rings. The highest BCUT2D eigenvalue weighted by molar-refractivity contribution is 7.94. The van der Waals surface area contributed by atoms with Crippen LogP contribution in [-0.2, 0) is 42.8 Å². The lowest BCUT2D eigenvalue weighted by Crippen LogP contribution is -2.34. The van der Waals surface area contributed by atoms with Gasteiger partial charge in [0.15, 0.2) is 4.99 Å². The van der Waals surface area contributed by atoms with Crippen LogP contribution >= 0.6 is 7.60 Å². The molecule has 10 nitrogen and oxygen atoms in total. The zero-order valence-electron chi connectivity index (χ0n) is 28.5. The van der Waals surface area contributed by atoms with Crippen LogP contribution in [0.15, 0.2) is 34.9 Å². The van der Waals surface area contributed by atoms with Crippen LogP contribution in [0.3, 0.4) is 0 Å². The molecule has 0 rings (SSSR count). The first-order chi connectivity index (χ1) is 20.4. The van der Waals surface area contributed by atoms with E-state index in [-0.39, 0.29) is 25.7 Å². The van der Waals surface area contributed by atoms with Crippen LogP contribution in [0.25, 0.3) is 0 Å². The predicted molar refractivity (Wildman–Crippen MR) is 174 cm³/mol. The van der Waals surface area contributed by atoms with Crippen LogP contribution < -0.4 is 0 Å². The molecule has 256 valence electrons. The monoisotopic (exact) mass is 664 g/mol. The second kappa shape index (κ2) is 21.1. The van der Waals surface area contributed by atoms with E-state index in [1.54, 1.807) is 41.5 Å². The van der Waals surface area contributed by atoms with Crippen molar-refractivity contribution in [3.63, 3.8) is 0 Å². The van der Waals surface area contributed by atoms with Gasteiger partial charge < -0.3 is 9.47 Å². The van der Waals surface area contributed by atoms with Crippen LogP contribution in [0.5, 0.6) is 0 Å². The molecular formula is C32H57O10PS. The van der Waals surface area contributed by atoms with E-state index in [1.165, 1.54) is 11.1 Å². The van der Waals surface area contributed by atoms with Crippen molar-refractivity contribution in [1.29, 1.82) is 0 Å². The maximum Gasteiger partial charge on any atom is 0.357 e. The van der Waals surface area contributed by atoms with Gasteiger partial charge in [-0.05, 0) is 72.6 Å². The highest BCUT2D eigenvalue weighted by Gasteiger charge is 2.49. The maximum atomic E-state index is 14.4. The Morgan fingerprint density at radius 3 is 1.52 bits per heavy atom. The fourth-order valence-corrected chi connectivity index (χ4v) is 7.92. The fraction of sp³-hybridized carbons (Fsp3) is 0.750. The Kier molecular flexibility index (Phi) is 20.2. The van der Waals surface area contributed by atoms with Gasteiger partial charge in [-0.3, -0.25) is 27.8 Å². The number of allylic oxidation sites excluding steroid dienone is 6. The molecule has 0 saturated heterocycles. The normalized spacial score (nSPS) is 16.3. The highest BCUT2D eigenvalue weighted by atomic mass is 32.2. The third-order valence-corrected chi connectivity index (χ3v) is 11.1. The van der Waals surface area contributed by atoms with Crippen molar-refractivity contribution in [3.05, 3.63) is 34.9 Å². The molecule has 0 saturated carbocycles. The van der Waals surface area contributed by atoms with E-state index in [4.69, 9.17) is 18.5 Å². The van der Waals surface area contributed by atoms with E-state index in [0.717, 1.165) is 31.3 Å². The van der Waals surface area contributed by atoms with Crippen LogP contribution in [0.4, 0.5) is 0 Å². The average molecular weight is 665 g/mol. The highest BCUT2D eigenvalue weighted by Crippen LogP contribution is 2.59. The Morgan fingerprint density at radius 1 is 0.750 bits per heavy atom. The van der Waals surface area contributed by atoms with Crippen LogP contribution in [-0.4, -0.2) is 42.5 Å². The molecule has 0 bridgehead atoms. The molecule has 3 atom stereocenters. The number of esters is 2. The summed E-state index contributed by atoms with van der Waals surface area (Å²) < 4.78 is 71.9. The molecule has 0 radical (unpaired) electrons. The first kappa shape index (κ1) is 42.2. The van der Waals surface area contributed by atoms with Gasteiger partial charge in [0.2, 0.25) is 12.6 Å². The van der Waals surface area contributed by atoms with Gasteiger partial charge in [-0.2, -0.15) is 8.42 Å². The summed E-state index contributed by atoms with van der Waals surface area (Å²) in [5.41, 5.74) is 3.76. The van der Waals surface area contributed by atoms with Crippen molar-refractivity contribution in [2.45, 2.75) is 145 Å². The molecule has 12 heteroatoms. The summed E-state index contributed by atoms with van der Waals surface area (Å²) in [7, 11) is -9.84. The van der Waals surface area contributed by atoms with Gasteiger partial charge in [0.1, 0.15) is 0 Å². The van der Waals surface area contributed by atoms with Crippen molar-refractivity contribution >= 4 is 29.7 Å². The molecule has 0 amide bonds. The number of unbranched alkanes of at least 4 members (excludes halogenated alkanes) is 1. The fourth-order valence-electron chi connectivity index (χ4n) is 3.88. The topological polar surface area (TPSA) is 142 Å². The van der Waals surface area contributed by atoms with E-state index in [0.29, 0.717) is 6.42 Å². The Morgan fingerprint density at radius 2 is 1.16 bits per heavy atom. The number of rotatable bonds is 22. The van der Waals surface area contributed by atoms with Crippen LogP contribution in [0.2, 0.25) is 0 Å². The Balaban J connectivity index is 5.96. The number of hydrogen-bond acceptors (Lipinski definition) is 9. The summed E-state index contributed by atoms with van der Waals surface area (Å²) in [6.07, 6.45) is 7.72. The quantitative estimate of drug-likeness (QED) is 0.0298. The number of ether oxygens (including phenoxy) is 2. The van der Waals surface area contributed by atoms with Crippen LogP contribution in [0.1, 0.15) is 127 Å². The van der Waals surface area contributed by atoms with Crippen molar-refractivity contribution in [1.82, 2.24) is 0 Å². The van der Waals surface area contributed by atoms with Gasteiger partial charge >= 0.3 is 19.5 Å². The molecule has 0 aromatic heterocycles. The first-order valence-electron chi connectivity index (χ1n) is 15.6. The molecule has 0 fully saturated rings. The molecule has 0 aliphatic heterocycles. The SMILES string of the molecule is CCC(=O)OC(OP(=O)(OC(OC(=O)CC)C(C)C)C(CCCC=C(C)CCC=C(C)CCC=C(C)C)S(=O)(=O)O)C(C)C. The molecular weight excluding hydrogens is 607 g/mol. The molecule has 0 aromatic carbocycles. The smallest absolute Gasteiger partial charge is 0.357 e. The maximum absolute atomic E-state index is 14.4. The summed E-state index contributed by atoms with van der Waals surface area (Å²) in [5.74, 6) is -2.41. The summed E-state index contributed by atoms with van der Waals surface area (Å²) in [6.45, 7) is 17.9. The average Bonchev–Trinajstić information content (AvgIpc) is 2.90. The number of carbonyl (C=O) groups is 2. The Bertz CT molecular complexity index is 1100. The molecule has 0 aliphatic rings. The van der Waals surface area contributed by atoms with Gasteiger partial charge in [-0.1, -0.05) is 76.5 Å². The van der Waals surface area contributed by atoms with Gasteiger partial charge in [-0.15, -0.1) is 0 Å². The standard InChI is InChI=1S/C32H57O10PS/c1-11-28(33)39-31(24(5)6)41-43(35,42-32(25(7)8)40-29(34)12-2)30(44(36,37)38)22-14-13-18-26(9)20-16-21-27(10)19-15-17-23(3)4/h17-18,21,24-25,30-32H,11-16,19-20,22H2,1-10H3,(H,36,37,38). The van der Waals surface area contributed by atoms with Gasteiger partial charge in [0.05, 0.1) is 0 Å². The lowest BCUT2D eigenvalue weighted by atomic mass is 10.1. The molecule has 1 N–H and O–H groups in total. The summed E-state index contributed by atoms with van der Waals surface area (Å²) in [4.78, 5) is 22.1. The van der Waals surface area contributed by atoms with Crippen molar-refractivity contribution < 1.29 is 45.6 Å². The molecule has 3 unspecified atom stereocenters. The lowest BCUT2D eigenvalue weighted by molar-refractivity contribution is -0.178. The van der Waals surface area contributed by atoms with E-state index < -0.39 is 59.1 Å². The molecule has 0 heterocycles. The zero-order valence-corrected chi connectivity index (χ0v) is 30.2. The third-order valence-electron chi connectivity index (χ3n) is 6.63. The number of hydrogen-bond donors (Lipinski definition) is 1. The minimum absolute atomic E-state index is 0.000852. The second-order valence-corrected chi connectivity index (χ2v) is 16.1. The van der Waals surface area contributed by atoms with Gasteiger partial charge in [-0.25, -0.2) is 0 Å².